The van der Waals surface area contributed by atoms with Gasteiger partial charge < -0.3 is 19.7 Å². The van der Waals surface area contributed by atoms with Gasteiger partial charge in [-0.1, -0.05) is 55.8 Å². The number of nitrogens with one attached hydrogen (secondary N) is 1. The van der Waals surface area contributed by atoms with Gasteiger partial charge in [-0.15, -0.1) is 0 Å². The summed E-state index contributed by atoms with van der Waals surface area (Å²) < 4.78 is 51.9. The number of unbranched alkanes of at least 4 members (excludes halogenated alkanes) is 1. The maximum Gasteiger partial charge on any atom is 0.261 e. The zero-order valence-corrected chi connectivity index (χ0v) is 25.1. The lowest BCUT2D eigenvalue weighted by molar-refractivity contribution is -0.142. The number of carbonyl (C=O) groups excluding carboxylic acids is 2. The lowest BCUT2D eigenvalue weighted by Gasteiger charge is -2.31. The number of ether oxygens (including phenoxy) is 2. The van der Waals surface area contributed by atoms with Gasteiger partial charge >= 0.3 is 0 Å². The van der Waals surface area contributed by atoms with E-state index in [9.17, 15) is 22.4 Å². The van der Waals surface area contributed by atoms with E-state index >= 15 is 0 Å². The Morgan fingerprint density at radius 1 is 0.977 bits per heavy atom. The molecular weight excluding hydrogens is 573 g/mol. The van der Waals surface area contributed by atoms with Crippen LogP contribution in [0.4, 0.5) is 4.39 Å². The van der Waals surface area contributed by atoms with E-state index in [0.29, 0.717) is 31.1 Å². The molecule has 1 heterocycles. The van der Waals surface area contributed by atoms with Crippen LogP contribution in [0.15, 0.2) is 83.8 Å². The van der Waals surface area contributed by atoms with E-state index in [1.54, 1.807) is 12.1 Å². The lowest BCUT2D eigenvalue weighted by atomic mass is 10.0. The molecule has 0 aliphatic carbocycles. The van der Waals surface area contributed by atoms with Crippen LogP contribution in [-0.4, -0.2) is 74.9 Å². The maximum atomic E-state index is 13.7. The molecule has 1 saturated heterocycles. The molecule has 0 spiro atoms. The van der Waals surface area contributed by atoms with Crippen molar-refractivity contribution >= 4 is 21.8 Å². The fraction of sp³-hybridized carbons (Fsp3) is 0.375. The van der Waals surface area contributed by atoms with Crippen molar-refractivity contribution in [2.45, 2.75) is 43.7 Å². The molecule has 0 radical (unpaired) electrons. The molecule has 9 nitrogen and oxygen atoms in total. The largest absolute Gasteiger partial charge is 0.484 e. The predicted molar refractivity (Wildman–Crippen MR) is 160 cm³/mol. The Kier molecular flexibility index (Phi) is 11.7. The summed E-state index contributed by atoms with van der Waals surface area (Å²) >= 11 is 0. The number of halogens is 1. The van der Waals surface area contributed by atoms with Crippen molar-refractivity contribution in [3.8, 4) is 5.75 Å². The van der Waals surface area contributed by atoms with Gasteiger partial charge in [0.1, 0.15) is 17.6 Å². The third kappa shape index (κ3) is 9.09. The van der Waals surface area contributed by atoms with Gasteiger partial charge in [0.2, 0.25) is 15.9 Å². The molecule has 0 unspecified atom stereocenters. The standard InChI is InChI=1S/C32H38FN3O6S/c1-2-3-17-34-32(38)30(22-25-7-5-4-6-8-25)36(23-26-9-11-27(33)12-10-26)31(37)24-42-28-13-15-29(16-14-28)43(39,40)35-18-20-41-21-19-35/h4-16,30H,2-3,17-24H2,1H3,(H,34,38)/t30-/m0/s1. The number of rotatable bonds is 14. The second-order valence-electron chi connectivity index (χ2n) is 10.3. The van der Waals surface area contributed by atoms with E-state index in [0.717, 1.165) is 18.4 Å². The molecule has 4 rings (SSSR count). The topological polar surface area (TPSA) is 105 Å². The minimum absolute atomic E-state index is 0.0674. The van der Waals surface area contributed by atoms with Gasteiger partial charge in [0.25, 0.3) is 5.91 Å². The number of nitrogens with zero attached hydrogens (tertiary/aromatic N) is 2. The normalized spacial score (nSPS) is 14.6. The van der Waals surface area contributed by atoms with Gasteiger partial charge in [0.15, 0.2) is 6.61 Å². The Morgan fingerprint density at radius 2 is 1.65 bits per heavy atom. The first-order valence-electron chi connectivity index (χ1n) is 14.4. The van der Waals surface area contributed by atoms with Crippen LogP contribution in [0, 0.1) is 5.82 Å². The van der Waals surface area contributed by atoms with Crippen LogP contribution in [0.5, 0.6) is 5.75 Å². The average molecular weight is 612 g/mol. The molecule has 1 N–H and O–H groups in total. The molecule has 0 saturated carbocycles. The molecule has 3 aromatic rings. The minimum Gasteiger partial charge on any atom is -0.484 e. The van der Waals surface area contributed by atoms with E-state index < -0.39 is 27.8 Å². The van der Waals surface area contributed by atoms with Crippen LogP contribution >= 0.6 is 0 Å². The van der Waals surface area contributed by atoms with Crippen molar-refractivity contribution in [3.05, 3.63) is 95.8 Å². The van der Waals surface area contributed by atoms with Crippen LogP contribution < -0.4 is 10.1 Å². The molecule has 3 aromatic carbocycles. The number of hydrogen-bond donors (Lipinski definition) is 1. The molecule has 230 valence electrons. The summed E-state index contributed by atoms with van der Waals surface area (Å²) in [5.41, 5.74) is 1.54. The Bertz CT molecular complexity index is 1430. The van der Waals surface area contributed by atoms with Crippen LogP contribution in [0.3, 0.4) is 0 Å². The third-order valence-corrected chi connectivity index (χ3v) is 9.07. The van der Waals surface area contributed by atoms with E-state index in [2.05, 4.69) is 5.32 Å². The molecule has 1 atom stereocenters. The average Bonchev–Trinajstić information content (AvgIpc) is 3.03. The van der Waals surface area contributed by atoms with Crippen LogP contribution in [-0.2, 0) is 37.3 Å². The highest BCUT2D eigenvalue weighted by atomic mass is 32.2. The monoisotopic (exact) mass is 611 g/mol. The Morgan fingerprint density at radius 3 is 2.30 bits per heavy atom. The summed E-state index contributed by atoms with van der Waals surface area (Å²) in [6.45, 7) is 3.46. The van der Waals surface area contributed by atoms with E-state index in [1.165, 1.54) is 45.6 Å². The fourth-order valence-corrected chi connectivity index (χ4v) is 6.13. The Hall–Kier alpha value is -3.80. The first-order chi connectivity index (χ1) is 20.8. The summed E-state index contributed by atoms with van der Waals surface area (Å²) in [7, 11) is -3.67. The lowest BCUT2D eigenvalue weighted by Crippen LogP contribution is -2.51. The van der Waals surface area contributed by atoms with Gasteiger partial charge in [-0.05, 0) is 53.9 Å². The number of carbonyl (C=O) groups is 2. The molecule has 1 fully saturated rings. The highest BCUT2D eigenvalue weighted by Crippen LogP contribution is 2.21. The summed E-state index contributed by atoms with van der Waals surface area (Å²) in [4.78, 5) is 28.8. The minimum atomic E-state index is -3.67. The SMILES string of the molecule is CCCCNC(=O)[C@H](Cc1ccccc1)N(Cc1ccc(F)cc1)C(=O)COc1ccc(S(=O)(=O)N2CCOCC2)cc1. The summed E-state index contributed by atoms with van der Waals surface area (Å²) in [6, 6.07) is 20.3. The van der Waals surface area contributed by atoms with E-state index in [1.807, 2.05) is 37.3 Å². The maximum absolute atomic E-state index is 13.7. The summed E-state index contributed by atoms with van der Waals surface area (Å²) in [6.07, 6.45) is 1.98. The van der Waals surface area contributed by atoms with Crippen molar-refractivity contribution in [1.29, 1.82) is 0 Å². The first kappa shape index (κ1) is 32.1. The highest BCUT2D eigenvalue weighted by molar-refractivity contribution is 7.89. The fourth-order valence-electron chi connectivity index (χ4n) is 4.72. The number of amides is 2. The van der Waals surface area contributed by atoms with Crippen LogP contribution in [0.2, 0.25) is 0 Å². The smallest absolute Gasteiger partial charge is 0.261 e. The van der Waals surface area contributed by atoms with Gasteiger partial charge in [-0.2, -0.15) is 4.31 Å². The van der Waals surface area contributed by atoms with E-state index in [4.69, 9.17) is 9.47 Å². The number of hydrogen-bond acceptors (Lipinski definition) is 6. The summed E-state index contributed by atoms with van der Waals surface area (Å²) in [5, 5.41) is 2.95. The molecule has 1 aliphatic heterocycles. The third-order valence-electron chi connectivity index (χ3n) is 7.16. The van der Waals surface area contributed by atoms with Crippen molar-refractivity contribution in [2.75, 3.05) is 39.5 Å². The zero-order valence-electron chi connectivity index (χ0n) is 24.3. The predicted octanol–water partition coefficient (Wildman–Crippen LogP) is 3.78. The highest BCUT2D eigenvalue weighted by Gasteiger charge is 2.31. The van der Waals surface area contributed by atoms with Crippen molar-refractivity contribution in [3.63, 3.8) is 0 Å². The molecule has 11 heteroatoms. The number of morpholine rings is 1. The second-order valence-corrected chi connectivity index (χ2v) is 12.2. The molecule has 2 amide bonds. The van der Waals surface area contributed by atoms with Crippen LogP contribution in [0.1, 0.15) is 30.9 Å². The van der Waals surface area contributed by atoms with Gasteiger partial charge in [-0.25, -0.2) is 12.8 Å². The van der Waals surface area contributed by atoms with Crippen molar-refractivity contribution in [1.82, 2.24) is 14.5 Å². The quantitative estimate of drug-likeness (QED) is 0.278. The van der Waals surface area contributed by atoms with Crippen LogP contribution in [0.25, 0.3) is 0 Å². The molecule has 0 aromatic heterocycles. The van der Waals surface area contributed by atoms with Gasteiger partial charge in [0.05, 0.1) is 18.1 Å². The molecular formula is C32H38FN3O6S. The van der Waals surface area contributed by atoms with E-state index in [-0.39, 0.29) is 43.5 Å². The number of sulfonamides is 1. The molecule has 1 aliphatic rings. The van der Waals surface area contributed by atoms with Gasteiger partial charge in [-0.3, -0.25) is 9.59 Å². The van der Waals surface area contributed by atoms with Crippen molar-refractivity contribution in [2.24, 2.45) is 0 Å². The van der Waals surface area contributed by atoms with Gasteiger partial charge in [0, 0.05) is 32.6 Å². The zero-order chi connectivity index (χ0) is 30.7. The first-order valence-corrected chi connectivity index (χ1v) is 15.9. The Balaban J connectivity index is 1.53. The molecule has 43 heavy (non-hydrogen) atoms. The Labute approximate surface area is 252 Å². The summed E-state index contributed by atoms with van der Waals surface area (Å²) in [5.74, 6) is -0.823. The molecule has 0 bridgehead atoms. The second kappa shape index (κ2) is 15.6. The number of benzene rings is 3. The van der Waals surface area contributed by atoms with Crippen molar-refractivity contribution < 1.29 is 31.9 Å².